The van der Waals surface area contributed by atoms with E-state index in [9.17, 15) is 0 Å². The van der Waals surface area contributed by atoms with Crippen molar-refractivity contribution in [2.45, 2.75) is 0 Å². The average molecular weight is 604 g/mol. The van der Waals surface area contributed by atoms with Gasteiger partial charge in [0.15, 0.2) is 0 Å². The third-order valence-electron chi connectivity index (χ3n) is 6.91. The van der Waals surface area contributed by atoms with Gasteiger partial charge in [0.05, 0.1) is 0 Å². The third kappa shape index (κ3) is 4.47. The van der Waals surface area contributed by atoms with Gasteiger partial charge in [-0.05, 0) is 72.8 Å². The Hall–Kier alpha value is -4.41. The second kappa shape index (κ2) is 11.1. The molecule has 6 aromatic rings. The highest BCUT2D eigenvalue weighted by Gasteiger charge is 2.42. The van der Waals surface area contributed by atoms with Gasteiger partial charge in [-0.25, -0.2) is 13.5 Å². The average Bonchev–Trinajstić information content (AvgIpc) is 3.10. The van der Waals surface area contributed by atoms with Gasteiger partial charge in [0, 0.05) is 106 Å². The maximum absolute atomic E-state index is 5.95. The summed E-state index contributed by atoms with van der Waals surface area (Å²) in [4.78, 5) is 26.1. The fraction of sp³-hybridized carbons (Fsp3) is 0. The van der Waals surface area contributed by atoms with Gasteiger partial charge in [-0.2, -0.15) is 0 Å². The molecule has 7 rings (SSSR count). The first-order valence-corrected chi connectivity index (χ1v) is 18.2. The van der Waals surface area contributed by atoms with Crippen molar-refractivity contribution in [3.63, 3.8) is 0 Å². The number of pyridine rings is 6. The molecule has 9 nitrogen and oxygen atoms in total. The predicted molar refractivity (Wildman–Crippen MR) is 171 cm³/mol. The first kappa shape index (κ1) is 26.5. The van der Waals surface area contributed by atoms with E-state index in [1.807, 2.05) is 147 Å². The zero-order valence-electron chi connectivity index (χ0n) is 22.2. The molecule has 0 saturated heterocycles. The largest absolute Gasteiger partial charge is 0.265 e. The second-order valence-corrected chi connectivity index (χ2v) is 18.2. The van der Waals surface area contributed by atoms with Crippen molar-refractivity contribution < 1.29 is 0 Å². The molecular formula is C30H24N9P3. The molecule has 42 heavy (non-hydrogen) atoms. The van der Waals surface area contributed by atoms with Gasteiger partial charge in [-0.1, -0.05) is 0 Å². The standard InChI is InChI=1S/C30H24N9P3/c1-13-31-14-2-25(1)40(26-3-15-32-16-4-26)37-41(27-5-17-33-18-6-27,28-7-19-34-20-8-28)39-42(38-40,29-9-21-35-22-10-29)30-11-23-36-24-12-30/h1-24H. The Kier molecular flexibility index (Phi) is 7.01. The molecule has 0 spiro atoms. The van der Waals surface area contributed by atoms with Gasteiger partial charge in [-0.3, -0.25) is 29.9 Å². The number of nitrogens with zero attached hydrogens (tertiary/aromatic N) is 9. The Morgan fingerprint density at radius 3 is 0.524 bits per heavy atom. The summed E-state index contributed by atoms with van der Waals surface area (Å²) >= 11 is 0. The van der Waals surface area contributed by atoms with E-state index in [2.05, 4.69) is 29.9 Å². The summed E-state index contributed by atoms with van der Waals surface area (Å²) in [5.74, 6) is 0. The van der Waals surface area contributed by atoms with E-state index in [1.54, 1.807) is 0 Å². The van der Waals surface area contributed by atoms with Crippen LogP contribution >= 0.6 is 21.6 Å². The Labute approximate surface area is 243 Å². The molecule has 0 bridgehead atoms. The molecule has 6 aromatic heterocycles. The van der Waals surface area contributed by atoms with Gasteiger partial charge in [0.2, 0.25) is 0 Å². The Balaban J connectivity index is 1.80. The van der Waals surface area contributed by atoms with Crippen LogP contribution in [0.2, 0.25) is 0 Å². The van der Waals surface area contributed by atoms with E-state index in [0.29, 0.717) is 0 Å². The van der Waals surface area contributed by atoms with Crippen LogP contribution in [0.25, 0.3) is 0 Å². The molecule has 0 aliphatic carbocycles. The fourth-order valence-electron chi connectivity index (χ4n) is 4.99. The molecule has 204 valence electrons. The lowest BCUT2D eigenvalue weighted by Crippen LogP contribution is -2.25. The molecule has 0 unspecified atom stereocenters. The minimum absolute atomic E-state index is 0.999. The zero-order chi connectivity index (χ0) is 28.3. The summed E-state index contributed by atoms with van der Waals surface area (Å²) in [6, 6.07) is 24.4. The van der Waals surface area contributed by atoms with Crippen molar-refractivity contribution in [1.82, 2.24) is 29.9 Å². The van der Waals surface area contributed by atoms with Crippen molar-refractivity contribution >= 4 is 53.4 Å². The van der Waals surface area contributed by atoms with Crippen molar-refractivity contribution in [2.75, 3.05) is 0 Å². The molecular weight excluding hydrogens is 579 g/mol. The van der Waals surface area contributed by atoms with Gasteiger partial charge >= 0.3 is 0 Å². The molecule has 0 radical (unpaired) electrons. The van der Waals surface area contributed by atoms with Crippen molar-refractivity contribution in [3.8, 4) is 0 Å². The van der Waals surface area contributed by atoms with Gasteiger partial charge in [-0.15, -0.1) is 0 Å². The smallest absolute Gasteiger partial charge is 0.138 e. The SMILES string of the molecule is c1cc(P2(c3ccncc3)=NP(c3ccncc3)(c3ccncc3)=NP(c3ccncc3)(c3ccncc3)=N2)ccn1. The minimum Gasteiger partial charge on any atom is -0.265 e. The van der Waals surface area contributed by atoms with Crippen molar-refractivity contribution in [1.29, 1.82) is 0 Å². The highest BCUT2D eigenvalue weighted by molar-refractivity contribution is 8.00. The maximum atomic E-state index is 5.95. The van der Waals surface area contributed by atoms with Crippen LogP contribution in [0.5, 0.6) is 0 Å². The number of hydrogen-bond acceptors (Lipinski definition) is 9. The molecule has 12 heteroatoms. The van der Waals surface area contributed by atoms with E-state index in [-0.39, 0.29) is 0 Å². The van der Waals surface area contributed by atoms with E-state index >= 15 is 0 Å². The van der Waals surface area contributed by atoms with Crippen LogP contribution in [0, 0.1) is 0 Å². The predicted octanol–water partition coefficient (Wildman–Crippen LogP) is 4.67. The molecule has 0 saturated carbocycles. The first-order chi connectivity index (χ1) is 20.8. The van der Waals surface area contributed by atoms with E-state index in [1.165, 1.54) is 0 Å². The summed E-state index contributed by atoms with van der Waals surface area (Å²) < 4.78 is 17.8. The number of hydrogen-bond donors (Lipinski definition) is 0. The highest BCUT2D eigenvalue weighted by atomic mass is 31.3. The monoisotopic (exact) mass is 603 g/mol. The van der Waals surface area contributed by atoms with Crippen LogP contribution in [-0.4, -0.2) is 29.9 Å². The maximum Gasteiger partial charge on any atom is 0.138 e. The lowest BCUT2D eigenvalue weighted by Gasteiger charge is -2.38. The summed E-state index contributed by atoms with van der Waals surface area (Å²) in [5.41, 5.74) is 0. The number of aromatic nitrogens is 6. The van der Waals surface area contributed by atoms with Crippen molar-refractivity contribution in [2.24, 2.45) is 13.5 Å². The fourth-order valence-corrected chi connectivity index (χ4v) is 20.0. The summed E-state index contributed by atoms with van der Waals surface area (Å²) in [5, 5.41) is 5.99. The van der Waals surface area contributed by atoms with Crippen LogP contribution in [0.15, 0.2) is 161 Å². The molecule has 1 aliphatic heterocycles. The van der Waals surface area contributed by atoms with Crippen LogP contribution in [0.3, 0.4) is 0 Å². The lowest BCUT2D eigenvalue weighted by molar-refractivity contribution is 1.33. The molecule has 7 heterocycles. The summed E-state index contributed by atoms with van der Waals surface area (Å²) in [6.07, 6.45) is 21.8. The van der Waals surface area contributed by atoms with Crippen LogP contribution in [-0.2, 0) is 0 Å². The van der Waals surface area contributed by atoms with E-state index < -0.39 is 21.6 Å². The number of rotatable bonds is 6. The quantitative estimate of drug-likeness (QED) is 0.256. The Morgan fingerprint density at radius 1 is 0.238 bits per heavy atom. The minimum atomic E-state index is -2.91. The first-order valence-electron chi connectivity index (χ1n) is 13.1. The third-order valence-corrected chi connectivity index (χ3v) is 19.2. The van der Waals surface area contributed by atoms with Gasteiger partial charge in [0.1, 0.15) is 21.6 Å². The molecule has 0 atom stereocenters. The molecule has 0 amide bonds. The zero-order valence-corrected chi connectivity index (χ0v) is 24.9. The Morgan fingerprint density at radius 2 is 0.381 bits per heavy atom. The molecule has 1 aliphatic rings. The second-order valence-electron chi connectivity index (χ2n) is 9.30. The summed E-state index contributed by atoms with van der Waals surface area (Å²) in [6.45, 7) is 0. The van der Waals surface area contributed by atoms with E-state index in [0.717, 1.165) is 31.8 Å². The van der Waals surface area contributed by atoms with Crippen LogP contribution in [0.4, 0.5) is 0 Å². The van der Waals surface area contributed by atoms with Crippen molar-refractivity contribution in [3.05, 3.63) is 147 Å². The van der Waals surface area contributed by atoms with E-state index in [4.69, 9.17) is 13.5 Å². The summed E-state index contributed by atoms with van der Waals surface area (Å²) in [7, 11) is -8.72. The topological polar surface area (TPSA) is 114 Å². The molecule has 0 aromatic carbocycles. The van der Waals surface area contributed by atoms with Gasteiger partial charge < -0.3 is 0 Å². The van der Waals surface area contributed by atoms with Gasteiger partial charge in [0.25, 0.3) is 0 Å². The highest BCUT2D eigenvalue weighted by Crippen LogP contribution is 2.76. The van der Waals surface area contributed by atoms with Crippen LogP contribution in [0.1, 0.15) is 0 Å². The Bertz CT molecular complexity index is 1610. The molecule has 0 fully saturated rings. The normalized spacial score (nSPS) is 16.3. The van der Waals surface area contributed by atoms with Crippen LogP contribution < -0.4 is 31.8 Å². The lowest BCUT2D eigenvalue weighted by atomic mass is 10.5. The molecule has 0 N–H and O–H groups in total.